The summed E-state index contributed by atoms with van der Waals surface area (Å²) in [6.07, 6.45) is 2.34. The topological polar surface area (TPSA) is 3.24 Å². The summed E-state index contributed by atoms with van der Waals surface area (Å²) in [5.41, 5.74) is 3.10. The van der Waals surface area contributed by atoms with Gasteiger partial charge in [-0.05, 0) is 35.7 Å². The van der Waals surface area contributed by atoms with Crippen molar-refractivity contribution in [2.75, 3.05) is 25.5 Å². The van der Waals surface area contributed by atoms with E-state index in [0.29, 0.717) is 0 Å². The number of nitrogens with zero attached hydrogens (tertiary/aromatic N) is 1. The van der Waals surface area contributed by atoms with Crippen LogP contribution in [0, 0.1) is 0 Å². The predicted octanol–water partition coefficient (Wildman–Crippen LogP) is 4.95. The Labute approximate surface area is 133 Å². The lowest BCUT2D eigenvalue weighted by Crippen LogP contribution is -2.32. The molecule has 4 heteroatoms. The maximum absolute atomic E-state index is 5.85. The lowest BCUT2D eigenvalue weighted by Gasteiger charge is -2.29. The smallest absolute Gasteiger partial charge is 0.0356 e. The fourth-order valence-electron chi connectivity index (χ4n) is 2.73. The van der Waals surface area contributed by atoms with E-state index in [1.165, 1.54) is 28.2 Å². The molecule has 0 spiro atoms. The Balaban J connectivity index is 1.88. The Morgan fingerprint density at radius 2 is 1.65 bits per heavy atom. The van der Waals surface area contributed by atoms with Gasteiger partial charge in [-0.25, -0.2) is 0 Å². The first-order valence-corrected chi connectivity index (χ1v) is 9.26. The summed E-state index contributed by atoms with van der Waals surface area (Å²) < 4.78 is 0. The molecule has 0 N–H and O–H groups in total. The molecule has 1 aliphatic heterocycles. The molecule has 0 radical (unpaired) electrons. The molecule has 1 saturated heterocycles. The molecule has 20 heavy (non-hydrogen) atoms. The van der Waals surface area contributed by atoms with Crippen molar-refractivity contribution in [3.8, 4) is 0 Å². The van der Waals surface area contributed by atoms with Gasteiger partial charge in [0.25, 0.3) is 0 Å². The van der Waals surface area contributed by atoms with Crippen molar-refractivity contribution in [1.82, 2.24) is 4.90 Å². The second-order valence-electron chi connectivity index (χ2n) is 4.96. The van der Waals surface area contributed by atoms with Crippen molar-refractivity contribution in [1.29, 1.82) is 0 Å². The molecule has 3 heterocycles. The van der Waals surface area contributed by atoms with Crippen LogP contribution in [0.2, 0.25) is 0 Å². The minimum Gasteiger partial charge on any atom is -0.302 e. The molecule has 0 bridgehead atoms. The van der Waals surface area contributed by atoms with Crippen LogP contribution in [-0.4, -0.2) is 30.4 Å². The van der Waals surface area contributed by atoms with E-state index in [1.807, 2.05) is 22.7 Å². The highest BCUT2D eigenvalue weighted by Gasteiger charge is 2.19. The van der Waals surface area contributed by atoms with Gasteiger partial charge < -0.3 is 4.90 Å². The zero-order valence-electron chi connectivity index (χ0n) is 11.3. The summed E-state index contributed by atoms with van der Waals surface area (Å²) in [4.78, 5) is 5.29. The molecule has 0 saturated carbocycles. The summed E-state index contributed by atoms with van der Waals surface area (Å²) in [5, 5.41) is 4.35. The highest BCUT2D eigenvalue weighted by Crippen LogP contribution is 2.36. The average molecular weight is 324 g/mol. The first-order chi connectivity index (χ1) is 9.88. The molecule has 2 aromatic heterocycles. The van der Waals surface area contributed by atoms with Crippen LogP contribution < -0.4 is 0 Å². The van der Waals surface area contributed by atoms with E-state index in [0.717, 1.165) is 25.5 Å². The summed E-state index contributed by atoms with van der Waals surface area (Å²) in [7, 11) is 0. The van der Waals surface area contributed by atoms with Crippen molar-refractivity contribution in [2.45, 2.75) is 12.8 Å². The lowest BCUT2D eigenvalue weighted by molar-refractivity contribution is 0.272. The summed E-state index contributed by atoms with van der Waals surface area (Å²) in [5.74, 6) is 0.738. The Kier molecular flexibility index (Phi) is 4.94. The fraction of sp³-hybridized carbons (Fsp3) is 0.375. The third-order valence-electron chi connectivity index (χ3n) is 3.75. The van der Waals surface area contributed by atoms with Gasteiger partial charge in [0.05, 0.1) is 0 Å². The second kappa shape index (κ2) is 6.90. The third kappa shape index (κ3) is 3.17. The minimum atomic E-state index is 0.738. The highest BCUT2D eigenvalue weighted by atomic mass is 35.5. The zero-order valence-corrected chi connectivity index (χ0v) is 13.7. The molecule has 2 aromatic rings. The molecule has 0 amide bonds. The molecule has 1 aliphatic rings. The van der Waals surface area contributed by atoms with Crippen molar-refractivity contribution in [3.05, 3.63) is 50.4 Å². The van der Waals surface area contributed by atoms with Crippen LogP contribution in [0.5, 0.6) is 0 Å². The fourth-order valence-corrected chi connectivity index (χ4v) is 4.70. The van der Waals surface area contributed by atoms with Gasteiger partial charge in [0, 0.05) is 40.8 Å². The van der Waals surface area contributed by atoms with Crippen LogP contribution >= 0.6 is 34.3 Å². The monoisotopic (exact) mass is 323 g/mol. The predicted molar refractivity (Wildman–Crippen MR) is 91.1 cm³/mol. The Bertz CT molecular complexity index is 511. The third-order valence-corrected chi connectivity index (χ3v) is 5.69. The van der Waals surface area contributed by atoms with Gasteiger partial charge in [-0.2, -0.15) is 0 Å². The molecule has 0 aliphatic carbocycles. The second-order valence-corrected chi connectivity index (χ2v) is 7.24. The zero-order chi connectivity index (χ0) is 13.8. The summed E-state index contributed by atoms with van der Waals surface area (Å²) >= 11 is 9.54. The maximum Gasteiger partial charge on any atom is 0.0356 e. The number of rotatable bonds is 4. The highest BCUT2D eigenvalue weighted by molar-refractivity contribution is 7.13. The van der Waals surface area contributed by atoms with E-state index < -0.39 is 0 Å². The number of alkyl halides is 1. The van der Waals surface area contributed by atoms with Gasteiger partial charge in [-0.1, -0.05) is 17.7 Å². The van der Waals surface area contributed by atoms with Gasteiger partial charge in [-0.3, -0.25) is 0 Å². The summed E-state index contributed by atoms with van der Waals surface area (Å²) in [6.45, 7) is 3.30. The van der Waals surface area contributed by atoms with Crippen LogP contribution in [0.1, 0.15) is 22.6 Å². The maximum atomic E-state index is 5.85. The Hall–Kier alpha value is -0.610. The normalized spacial score (nSPS) is 16.6. The Morgan fingerprint density at radius 3 is 2.10 bits per heavy atom. The van der Waals surface area contributed by atoms with Gasteiger partial charge in [0.1, 0.15) is 0 Å². The van der Waals surface area contributed by atoms with Crippen molar-refractivity contribution >= 4 is 39.8 Å². The minimum absolute atomic E-state index is 0.738. The van der Waals surface area contributed by atoms with E-state index in [4.69, 9.17) is 11.6 Å². The van der Waals surface area contributed by atoms with Gasteiger partial charge in [0.2, 0.25) is 0 Å². The Morgan fingerprint density at radius 1 is 1.05 bits per heavy atom. The van der Waals surface area contributed by atoms with Gasteiger partial charge >= 0.3 is 0 Å². The van der Waals surface area contributed by atoms with E-state index in [2.05, 4.69) is 39.9 Å². The van der Waals surface area contributed by atoms with Crippen molar-refractivity contribution in [3.63, 3.8) is 0 Å². The molecule has 0 unspecified atom stereocenters. The largest absolute Gasteiger partial charge is 0.302 e. The quantitative estimate of drug-likeness (QED) is 0.720. The van der Waals surface area contributed by atoms with Crippen molar-refractivity contribution < 1.29 is 0 Å². The molecule has 1 fully saturated rings. The average Bonchev–Trinajstić information content (AvgIpc) is 3.15. The van der Waals surface area contributed by atoms with Crippen LogP contribution in [0.4, 0.5) is 0 Å². The molecular formula is C16H18ClNS2. The van der Waals surface area contributed by atoms with Crippen LogP contribution in [-0.2, 0) is 0 Å². The lowest BCUT2D eigenvalue weighted by atomic mass is 9.96. The first-order valence-electron chi connectivity index (χ1n) is 6.96. The molecule has 0 aromatic carbocycles. The van der Waals surface area contributed by atoms with E-state index in [1.54, 1.807) is 5.57 Å². The standard InChI is InChI=1S/C16H18ClNS2/c17-7-10-18-8-5-13(6-9-18)16(14-3-1-11-19-14)15-4-2-12-20-15/h1-4,11-12H,5-10H2. The molecule has 3 rings (SSSR count). The van der Waals surface area contributed by atoms with Gasteiger partial charge in [0.15, 0.2) is 0 Å². The molecule has 1 nitrogen and oxygen atoms in total. The van der Waals surface area contributed by atoms with E-state index in [-0.39, 0.29) is 0 Å². The number of hydrogen-bond donors (Lipinski definition) is 0. The molecular weight excluding hydrogens is 306 g/mol. The van der Waals surface area contributed by atoms with Crippen LogP contribution in [0.3, 0.4) is 0 Å². The SMILES string of the molecule is ClCCN1CCC(=C(c2cccs2)c2cccs2)CC1. The van der Waals surface area contributed by atoms with Crippen LogP contribution in [0.25, 0.3) is 5.57 Å². The summed E-state index contributed by atoms with van der Waals surface area (Å²) in [6, 6.07) is 8.79. The first kappa shape index (κ1) is 14.3. The number of hydrogen-bond acceptors (Lipinski definition) is 3. The number of likely N-dealkylation sites (tertiary alicyclic amines) is 1. The van der Waals surface area contributed by atoms with Gasteiger partial charge in [-0.15, -0.1) is 34.3 Å². The molecule has 106 valence electrons. The number of thiophene rings is 2. The number of piperidine rings is 1. The number of halogens is 1. The van der Waals surface area contributed by atoms with E-state index in [9.17, 15) is 0 Å². The van der Waals surface area contributed by atoms with Crippen LogP contribution in [0.15, 0.2) is 40.6 Å². The van der Waals surface area contributed by atoms with E-state index >= 15 is 0 Å². The molecule has 0 atom stereocenters. The van der Waals surface area contributed by atoms with Crippen molar-refractivity contribution in [2.24, 2.45) is 0 Å².